The number of hydrogen-bond acceptors (Lipinski definition) is 0. The van der Waals surface area contributed by atoms with Gasteiger partial charge in [-0.15, -0.1) is 0 Å². The number of aryl methyl sites for hydroxylation is 1. The van der Waals surface area contributed by atoms with Gasteiger partial charge in [-0.05, 0) is 86.7 Å². The van der Waals surface area contributed by atoms with E-state index in [-0.39, 0.29) is 0 Å². The first-order valence-corrected chi connectivity index (χ1v) is 9.05. The molecule has 0 aromatic heterocycles. The summed E-state index contributed by atoms with van der Waals surface area (Å²) in [7, 11) is 0. The van der Waals surface area contributed by atoms with Crippen LogP contribution in [0.5, 0.6) is 0 Å². The zero-order valence-corrected chi connectivity index (χ0v) is 14.3. The maximum Gasteiger partial charge on any atom is -0.00130 e. The Morgan fingerprint density at radius 1 is 0.560 bits per heavy atom. The van der Waals surface area contributed by atoms with Gasteiger partial charge in [0.25, 0.3) is 0 Å². The summed E-state index contributed by atoms with van der Waals surface area (Å²) >= 11 is 0. The van der Waals surface area contributed by atoms with Crippen LogP contribution in [0.4, 0.5) is 0 Å². The Kier molecular flexibility index (Phi) is 2.48. The fraction of sp³-hybridized carbons (Fsp3) is 0.120. The maximum absolute atomic E-state index is 2.47. The predicted octanol–water partition coefficient (Wildman–Crippen LogP) is 6.29. The second-order valence-electron chi connectivity index (χ2n) is 7.45. The van der Waals surface area contributed by atoms with Crippen LogP contribution in [0.3, 0.4) is 0 Å². The van der Waals surface area contributed by atoms with Gasteiger partial charge in [0.1, 0.15) is 0 Å². The lowest BCUT2D eigenvalue weighted by atomic mass is 9.93. The molecule has 0 saturated heterocycles. The van der Waals surface area contributed by atoms with Crippen LogP contribution in [0.2, 0.25) is 0 Å². The lowest BCUT2D eigenvalue weighted by Gasteiger charge is -2.11. The molecule has 0 heterocycles. The summed E-state index contributed by atoms with van der Waals surface area (Å²) in [6.45, 7) is 2.24. The van der Waals surface area contributed by atoms with Crippen molar-refractivity contribution in [2.45, 2.75) is 19.8 Å². The summed E-state index contributed by atoms with van der Waals surface area (Å²) in [5, 5.41) is 2.79. The van der Waals surface area contributed by atoms with Gasteiger partial charge in [-0.2, -0.15) is 0 Å². The molecule has 25 heavy (non-hydrogen) atoms. The topological polar surface area (TPSA) is 0 Å². The molecule has 2 aliphatic rings. The maximum atomic E-state index is 2.47. The number of rotatable bonds is 0. The smallest absolute Gasteiger partial charge is 0.00130 e. The van der Waals surface area contributed by atoms with Crippen LogP contribution >= 0.6 is 0 Å². The predicted molar refractivity (Wildman–Crippen MR) is 105 cm³/mol. The molecule has 0 unspecified atom stereocenters. The molecule has 0 aliphatic heterocycles. The van der Waals surface area contributed by atoms with Crippen molar-refractivity contribution in [2.75, 3.05) is 0 Å². The Hall–Kier alpha value is -2.86. The minimum atomic E-state index is 1.07. The second-order valence-corrected chi connectivity index (χ2v) is 7.45. The molecule has 0 N–H and O–H groups in total. The number of benzene rings is 4. The molecule has 4 aromatic carbocycles. The zero-order valence-electron chi connectivity index (χ0n) is 14.3. The van der Waals surface area contributed by atoms with Crippen LogP contribution in [-0.4, -0.2) is 0 Å². The summed E-state index contributed by atoms with van der Waals surface area (Å²) < 4.78 is 0. The van der Waals surface area contributed by atoms with Gasteiger partial charge in [0.2, 0.25) is 0 Å². The molecule has 0 fully saturated rings. The van der Waals surface area contributed by atoms with Crippen LogP contribution in [0.1, 0.15) is 27.8 Å². The highest BCUT2D eigenvalue weighted by molar-refractivity contribution is 6.03. The van der Waals surface area contributed by atoms with Crippen molar-refractivity contribution in [2.24, 2.45) is 0 Å². The summed E-state index contributed by atoms with van der Waals surface area (Å²) in [5.74, 6) is 0. The molecular formula is C25H18. The fourth-order valence-electron chi connectivity index (χ4n) is 4.91. The Morgan fingerprint density at radius 2 is 1.28 bits per heavy atom. The van der Waals surface area contributed by atoms with E-state index >= 15 is 0 Å². The molecule has 0 radical (unpaired) electrons. The normalized spacial score (nSPS) is 13.5. The van der Waals surface area contributed by atoms with Crippen molar-refractivity contribution < 1.29 is 0 Å². The molecule has 0 spiro atoms. The van der Waals surface area contributed by atoms with Crippen molar-refractivity contribution in [1.82, 2.24) is 0 Å². The third-order valence-electron chi connectivity index (χ3n) is 6.00. The highest BCUT2D eigenvalue weighted by Gasteiger charge is 2.26. The summed E-state index contributed by atoms with van der Waals surface area (Å²) in [4.78, 5) is 0. The third kappa shape index (κ3) is 1.72. The standard InChI is InChI=1S/C25H18/c1-15-10-19-13-18-12-17-11-16-6-2-3-8-21(16)23(17)14-24(18)25(19)22-9-5-4-7-20(15)22/h2-10,12,14H,11,13H2,1H3. The van der Waals surface area contributed by atoms with E-state index < -0.39 is 0 Å². The summed E-state index contributed by atoms with van der Waals surface area (Å²) in [6, 6.07) is 25.1. The molecule has 118 valence electrons. The van der Waals surface area contributed by atoms with Crippen LogP contribution < -0.4 is 0 Å². The van der Waals surface area contributed by atoms with E-state index in [9.17, 15) is 0 Å². The highest BCUT2D eigenvalue weighted by atomic mass is 14.3. The van der Waals surface area contributed by atoms with Gasteiger partial charge in [-0.3, -0.25) is 0 Å². The van der Waals surface area contributed by atoms with E-state index in [2.05, 4.69) is 73.7 Å². The Morgan fingerprint density at radius 3 is 2.20 bits per heavy atom. The Bertz CT molecular complexity index is 1190. The van der Waals surface area contributed by atoms with Gasteiger partial charge >= 0.3 is 0 Å². The lowest BCUT2D eigenvalue weighted by molar-refractivity contribution is 1.21. The average Bonchev–Trinajstić information content (AvgIpc) is 3.17. The van der Waals surface area contributed by atoms with Gasteiger partial charge in [-0.25, -0.2) is 0 Å². The molecule has 0 nitrogen and oxygen atoms in total. The van der Waals surface area contributed by atoms with Gasteiger partial charge in [0.05, 0.1) is 0 Å². The molecule has 6 rings (SSSR count). The molecule has 0 atom stereocenters. The molecule has 0 bridgehead atoms. The third-order valence-corrected chi connectivity index (χ3v) is 6.00. The van der Waals surface area contributed by atoms with Crippen LogP contribution in [0.15, 0.2) is 66.7 Å². The number of fused-ring (bicyclic) bond motifs is 8. The fourth-order valence-corrected chi connectivity index (χ4v) is 4.91. The lowest BCUT2D eigenvalue weighted by Crippen LogP contribution is -1.87. The molecule has 0 saturated carbocycles. The van der Waals surface area contributed by atoms with E-state index in [4.69, 9.17) is 0 Å². The molecule has 2 aliphatic carbocycles. The SMILES string of the molecule is Cc1cc2c(c3ccccc13)-c1cc3c(cc1C2)Cc1ccccc1-3. The molecule has 0 heteroatoms. The Labute approximate surface area is 147 Å². The average molecular weight is 318 g/mol. The van der Waals surface area contributed by atoms with Crippen molar-refractivity contribution in [3.05, 3.63) is 94.5 Å². The van der Waals surface area contributed by atoms with Crippen molar-refractivity contribution >= 4 is 10.8 Å². The highest BCUT2D eigenvalue weighted by Crippen LogP contribution is 2.47. The van der Waals surface area contributed by atoms with Crippen LogP contribution in [0, 0.1) is 6.92 Å². The largest absolute Gasteiger partial charge is 0.0619 e. The summed E-state index contributed by atoms with van der Waals surface area (Å²) in [6.07, 6.45) is 2.15. The molecular weight excluding hydrogens is 300 g/mol. The van der Waals surface area contributed by atoms with Crippen LogP contribution in [0.25, 0.3) is 33.0 Å². The van der Waals surface area contributed by atoms with E-state index in [0.29, 0.717) is 0 Å². The molecule has 0 amide bonds. The zero-order chi connectivity index (χ0) is 16.5. The first-order valence-electron chi connectivity index (χ1n) is 9.05. The Balaban J connectivity index is 1.68. The van der Waals surface area contributed by atoms with E-state index in [1.165, 1.54) is 60.8 Å². The first kappa shape index (κ1) is 13.4. The summed E-state index contributed by atoms with van der Waals surface area (Å²) in [5.41, 5.74) is 13.1. The van der Waals surface area contributed by atoms with E-state index in [0.717, 1.165) is 12.8 Å². The minimum absolute atomic E-state index is 1.07. The monoisotopic (exact) mass is 318 g/mol. The van der Waals surface area contributed by atoms with Gasteiger partial charge in [-0.1, -0.05) is 60.7 Å². The van der Waals surface area contributed by atoms with Crippen molar-refractivity contribution in [3.8, 4) is 22.3 Å². The van der Waals surface area contributed by atoms with Gasteiger partial charge < -0.3 is 0 Å². The van der Waals surface area contributed by atoms with Crippen LogP contribution in [-0.2, 0) is 12.8 Å². The van der Waals surface area contributed by atoms with E-state index in [1.54, 1.807) is 0 Å². The van der Waals surface area contributed by atoms with Crippen molar-refractivity contribution in [1.29, 1.82) is 0 Å². The van der Waals surface area contributed by atoms with Crippen molar-refractivity contribution in [3.63, 3.8) is 0 Å². The number of hydrogen-bond donors (Lipinski definition) is 0. The molecule has 4 aromatic rings. The van der Waals surface area contributed by atoms with Gasteiger partial charge in [0.15, 0.2) is 0 Å². The first-order chi connectivity index (χ1) is 12.3. The quantitative estimate of drug-likeness (QED) is 0.309. The van der Waals surface area contributed by atoms with E-state index in [1.807, 2.05) is 0 Å². The second kappa shape index (κ2) is 4.61. The van der Waals surface area contributed by atoms with Gasteiger partial charge in [0, 0.05) is 0 Å². The minimum Gasteiger partial charge on any atom is -0.0619 e.